The molecule has 2 atom stereocenters. The maximum absolute atomic E-state index is 5.78. The van der Waals surface area contributed by atoms with Crippen molar-refractivity contribution >= 4 is 0 Å². The summed E-state index contributed by atoms with van der Waals surface area (Å²) in [5.74, 6) is 0. The molecule has 1 fully saturated rings. The van der Waals surface area contributed by atoms with E-state index >= 15 is 0 Å². The van der Waals surface area contributed by atoms with E-state index in [-0.39, 0.29) is 6.10 Å². The predicted octanol–water partition coefficient (Wildman–Crippen LogP) is 2.22. The zero-order valence-corrected chi connectivity index (χ0v) is 10.1. The molecule has 1 aliphatic rings. The first-order valence-electron chi connectivity index (χ1n) is 6.07. The van der Waals surface area contributed by atoms with Crippen LogP contribution in [-0.4, -0.2) is 24.2 Å². The predicted molar refractivity (Wildman–Crippen MR) is 64.4 cm³/mol. The van der Waals surface area contributed by atoms with Gasteiger partial charge in [-0.1, -0.05) is 13.0 Å². The Bertz CT molecular complexity index is 321. The van der Waals surface area contributed by atoms with Gasteiger partial charge in [-0.3, -0.25) is 4.98 Å². The highest BCUT2D eigenvalue weighted by molar-refractivity contribution is 5.14. The molecule has 3 nitrogen and oxygen atoms in total. The Balaban J connectivity index is 2.01. The number of aryl methyl sites for hydroxylation is 1. The number of ether oxygens (including phenoxy) is 1. The summed E-state index contributed by atoms with van der Waals surface area (Å²) in [6, 6.07) is 4.75. The second-order valence-electron chi connectivity index (χ2n) is 4.40. The molecule has 0 aromatic carbocycles. The average molecular weight is 220 g/mol. The first-order chi connectivity index (χ1) is 7.79. The van der Waals surface area contributed by atoms with Crippen molar-refractivity contribution in [2.75, 3.05) is 13.2 Å². The van der Waals surface area contributed by atoms with E-state index in [2.05, 4.69) is 36.3 Å². The lowest BCUT2D eigenvalue weighted by atomic mass is 10.0. The summed E-state index contributed by atoms with van der Waals surface area (Å²) >= 11 is 0. The Kier molecular flexibility index (Phi) is 3.91. The molecule has 0 radical (unpaired) electrons. The van der Waals surface area contributed by atoms with Gasteiger partial charge in [0.2, 0.25) is 0 Å². The minimum absolute atomic E-state index is 0.165. The van der Waals surface area contributed by atoms with Crippen LogP contribution >= 0.6 is 0 Å². The average Bonchev–Trinajstić information content (AvgIpc) is 2.31. The molecule has 3 heteroatoms. The Morgan fingerprint density at radius 2 is 2.38 bits per heavy atom. The van der Waals surface area contributed by atoms with Gasteiger partial charge in [0.05, 0.1) is 5.69 Å². The molecule has 1 aromatic heterocycles. The number of nitrogens with one attached hydrogen (secondary N) is 1. The van der Waals surface area contributed by atoms with E-state index in [0.717, 1.165) is 31.7 Å². The lowest BCUT2D eigenvalue weighted by Crippen LogP contribution is -2.36. The van der Waals surface area contributed by atoms with Gasteiger partial charge in [-0.05, 0) is 37.9 Å². The van der Waals surface area contributed by atoms with Crippen molar-refractivity contribution in [3.63, 3.8) is 0 Å². The molecule has 1 saturated heterocycles. The Morgan fingerprint density at radius 1 is 1.50 bits per heavy atom. The molecule has 16 heavy (non-hydrogen) atoms. The molecule has 0 amide bonds. The van der Waals surface area contributed by atoms with Crippen LogP contribution in [-0.2, 0) is 4.74 Å². The maximum atomic E-state index is 5.78. The third-order valence-electron chi connectivity index (χ3n) is 3.04. The van der Waals surface area contributed by atoms with Crippen molar-refractivity contribution in [2.45, 2.75) is 38.8 Å². The summed E-state index contributed by atoms with van der Waals surface area (Å²) in [4.78, 5) is 4.44. The van der Waals surface area contributed by atoms with Crippen molar-refractivity contribution in [3.05, 3.63) is 29.6 Å². The van der Waals surface area contributed by atoms with Crippen LogP contribution in [0, 0.1) is 6.92 Å². The fourth-order valence-corrected chi connectivity index (χ4v) is 2.15. The van der Waals surface area contributed by atoms with E-state index in [0.29, 0.717) is 6.04 Å². The van der Waals surface area contributed by atoms with Crippen LogP contribution in [0.2, 0.25) is 0 Å². The molecule has 0 saturated carbocycles. The lowest BCUT2D eigenvalue weighted by Gasteiger charge is -2.29. The summed E-state index contributed by atoms with van der Waals surface area (Å²) in [5, 5.41) is 3.49. The van der Waals surface area contributed by atoms with Gasteiger partial charge in [0.25, 0.3) is 0 Å². The molecule has 2 unspecified atom stereocenters. The third-order valence-corrected chi connectivity index (χ3v) is 3.04. The minimum atomic E-state index is 0.165. The molecule has 0 aliphatic carbocycles. The highest BCUT2D eigenvalue weighted by Gasteiger charge is 2.23. The van der Waals surface area contributed by atoms with Gasteiger partial charge in [-0.15, -0.1) is 0 Å². The van der Waals surface area contributed by atoms with E-state index in [1.807, 2.05) is 6.20 Å². The Labute approximate surface area is 97.2 Å². The Hall–Kier alpha value is -0.930. The number of rotatable bonds is 3. The van der Waals surface area contributed by atoms with E-state index in [9.17, 15) is 0 Å². The fourth-order valence-electron chi connectivity index (χ4n) is 2.15. The second kappa shape index (κ2) is 5.41. The summed E-state index contributed by atoms with van der Waals surface area (Å²) in [6.45, 7) is 6.06. The third kappa shape index (κ3) is 2.80. The number of aromatic nitrogens is 1. The molecule has 0 bridgehead atoms. The highest BCUT2D eigenvalue weighted by Crippen LogP contribution is 2.26. The van der Waals surface area contributed by atoms with Gasteiger partial charge in [0.15, 0.2) is 0 Å². The maximum Gasteiger partial charge on any atom is 0.101 e. The van der Waals surface area contributed by atoms with Crippen LogP contribution in [0.15, 0.2) is 18.3 Å². The lowest BCUT2D eigenvalue weighted by molar-refractivity contribution is -0.00188. The number of hydrogen-bond acceptors (Lipinski definition) is 3. The van der Waals surface area contributed by atoms with Gasteiger partial charge in [0.1, 0.15) is 6.10 Å². The first-order valence-corrected chi connectivity index (χ1v) is 6.07. The molecule has 0 spiro atoms. The standard InChI is InChI=1S/C13H20N2O/c1-3-14-11-6-7-16-13(8-11)12-5-4-10(2)9-15-12/h4-5,9,11,13-14H,3,6-8H2,1-2H3. The van der Waals surface area contributed by atoms with Crippen molar-refractivity contribution < 1.29 is 4.74 Å². The molecule has 1 aliphatic heterocycles. The van der Waals surface area contributed by atoms with Gasteiger partial charge in [0, 0.05) is 18.8 Å². The monoisotopic (exact) mass is 220 g/mol. The molecule has 1 N–H and O–H groups in total. The number of pyridine rings is 1. The normalized spacial score (nSPS) is 25.6. The summed E-state index contributed by atoms with van der Waals surface area (Å²) in [5.41, 5.74) is 2.26. The van der Waals surface area contributed by atoms with E-state index in [4.69, 9.17) is 4.74 Å². The largest absolute Gasteiger partial charge is 0.372 e. The van der Waals surface area contributed by atoms with Crippen LogP contribution in [0.1, 0.15) is 37.1 Å². The zero-order valence-electron chi connectivity index (χ0n) is 10.1. The second-order valence-corrected chi connectivity index (χ2v) is 4.40. The number of hydrogen-bond donors (Lipinski definition) is 1. The number of nitrogens with zero attached hydrogens (tertiary/aromatic N) is 1. The molecule has 2 rings (SSSR count). The smallest absolute Gasteiger partial charge is 0.101 e. The summed E-state index contributed by atoms with van der Waals surface area (Å²) in [7, 11) is 0. The van der Waals surface area contributed by atoms with Crippen molar-refractivity contribution in [1.29, 1.82) is 0 Å². The zero-order chi connectivity index (χ0) is 11.4. The van der Waals surface area contributed by atoms with Gasteiger partial charge < -0.3 is 10.1 Å². The molecule has 88 valence electrons. The van der Waals surface area contributed by atoms with Gasteiger partial charge >= 0.3 is 0 Å². The summed E-state index contributed by atoms with van der Waals surface area (Å²) in [6.07, 6.45) is 4.22. The van der Waals surface area contributed by atoms with E-state index < -0.39 is 0 Å². The van der Waals surface area contributed by atoms with Gasteiger partial charge in [-0.25, -0.2) is 0 Å². The van der Waals surface area contributed by atoms with Crippen LogP contribution in [0.5, 0.6) is 0 Å². The fraction of sp³-hybridized carbons (Fsp3) is 0.615. The quantitative estimate of drug-likeness (QED) is 0.848. The molecule has 1 aromatic rings. The Morgan fingerprint density at radius 3 is 3.06 bits per heavy atom. The SMILES string of the molecule is CCNC1CCOC(c2ccc(C)cn2)C1. The highest BCUT2D eigenvalue weighted by atomic mass is 16.5. The van der Waals surface area contributed by atoms with Crippen LogP contribution in [0.3, 0.4) is 0 Å². The van der Waals surface area contributed by atoms with E-state index in [1.165, 1.54) is 5.56 Å². The minimum Gasteiger partial charge on any atom is -0.372 e. The van der Waals surface area contributed by atoms with Crippen molar-refractivity contribution in [2.24, 2.45) is 0 Å². The summed E-state index contributed by atoms with van der Waals surface area (Å²) < 4.78 is 5.78. The first kappa shape index (κ1) is 11.6. The van der Waals surface area contributed by atoms with Crippen LogP contribution in [0.25, 0.3) is 0 Å². The van der Waals surface area contributed by atoms with Crippen molar-refractivity contribution in [3.8, 4) is 0 Å². The van der Waals surface area contributed by atoms with E-state index in [1.54, 1.807) is 0 Å². The van der Waals surface area contributed by atoms with Gasteiger partial charge in [-0.2, -0.15) is 0 Å². The molecular formula is C13H20N2O. The topological polar surface area (TPSA) is 34.1 Å². The van der Waals surface area contributed by atoms with Crippen molar-refractivity contribution in [1.82, 2.24) is 10.3 Å². The van der Waals surface area contributed by atoms with Crippen LogP contribution < -0.4 is 5.32 Å². The van der Waals surface area contributed by atoms with Crippen LogP contribution in [0.4, 0.5) is 0 Å². The molecular weight excluding hydrogens is 200 g/mol. The molecule has 2 heterocycles.